The number of fused-ring (bicyclic) bond motifs is 1. The first-order valence-corrected chi connectivity index (χ1v) is 12.3. The number of anilines is 2. The third-order valence-electron chi connectivity index (χ3n) is 5.67. The number of amides is 1. The van der Waals surface area contributed by atoms with Crippen molar-refractivity contribution in [3.8, 4) is 0 Å². The minimum atomic E-state index is -0.530. The van der Waals surface area contributed by atoms with Crippen LogP contribution in [0.1, 0.15) is 52.7 Å². The van der Waals surface area contributed by atoms with Crippen molar-refractivity contribution in [3.63, 3.8) is 0 Å². The number of hydrogen-bond donors (Lipinski definition) is 1. The van der Waals surface area contributed by atoms with E-state index in [9.17, 15) is 14.0 Å². The molecule has 0 radical (unpaired) electrons. The number of aromatic nitrogens is 2. The van der Waals surface area contributed by atoms with E-state index >= 15 is 0 Å². The van der Waals surface area contributed by atoms with E-state index in [0.717, 1.165) is 16.6 Å². The molecule has 0 spiro atoms. The van der Waals surface area contributed by atoms with Crippen molar-refractivity contribution in [2.24, 2.45) is 0 Å². The number of aryl methyl sites for hydroxylation is 1. The van der Waals surface area contributed by atoms with E-state index in [4.69, 9.17) is 4.74 Å². The maximum atomic E-state index is 14.7. The first-order chi connectivity index (χ1) is 17.8. The van der Waals surface area contributed by atoms with Gasteiger partial charge in [-0.1, -0.05) is 32.0 Å². The predicted octanol–water partition coefficient (Wildman–Crippen LogP) is 6.18. The molecule has 8 heteroatoms. The molecule has 0 unspecified atom stereocenters. The molecule has 2 heterocycles. The van der Waals surface area contributed by atoms with Gasteiger partial charge in [-0.3, -0.25) is 9.78 Å². The smallest absolute Gasteiger partial charge is 0.357 e. The number of carbonyl (C=O) groups is 2. The van der Waals surface area contributed by atoms with E-state index in [2.05, 4.69) is 10.3 Å². The summed E-state index contributed by atoms with van der Waals surface area (Å²) in [5, 5.41) is 3.77. The number of rotatable bonds is 7. The zero-order valence-electron chi connectivity index (χ0n) is 22.1. The maximum absolute atomic E-state index is 14.7. The number of carbonyl (C=O) groups excluding carboxylic acids is 2. The Balaban J connectivity index is 0.00000186. The summed E-state index contributed by atoms with van der Waals surface area (Å²) in [5.41, 5.74) is 3.92. The van der Waals surface area contributed by atoms with Crippen molar-refractivity contribution in [2.75, 3.05) is 26.0 Å². The minimum Gasteiger partial charge on any atom is -0.461 e. The molecule has 2 aromatic heterocycles. The highest BCUT2D eigenvalue weighted by Gasteiger charge is 2.25. The average molecular weight is 505 g/mol. The second-order valence-electron chi connectivity index (χ2n) is 8.43. The molecule has 0 fully saturated rings. The summed E-state index contributed by atoms with van der Waals surface area (Å²) in [4.78, 5) is 31.1. The summed E-state index contributed by atoms with van der Waals surface area (Å²) in [6.07, 6.45) is 3.28. The molecule has 0 saturated carbocycles. The summed E-state index contributed by atoms with van der Waals surface area (Å²) >= 11 is 0. The van der Waals surface area contributed by atoms with Crippen molar-refractivity contribution in [2.45, 2.75) is 34.2 Å². The lowest BCUT2D eigenvalue weighted by Gasteiger charge is -2.14. The predicted molar refractivity (Wildman–Crippen MR) is 145 cm³/mol. The number of ether oxygens (including phenoxy) is 1. The van der Waals surface area contributed by atoms with Crippen LogP contribution in [0.25, 0.3) is 10.9 Å². The van der Waals surface area contributed by atoms with Crippen LogP contribution < -0.4 is 5.32 Å². The molecule has 2 aromatic carbocycles. The molecule has 37 heavy (non-hydrogen) atoms. The van der Waals surface area contributed by atoms with Gasteiger partial charge in [0, 0.05) is 44.0 Å². The number of esters is 1. The second kappa shape index (κ2) is 12.2. The molecule has 4 aromatic rings. The molecule has 0 aliphatic rings. The van der Waals surface area contributed by atoms with Crippen LogP contribution in [0.2, 0.25) is 0 Å². The monoisotopic (exact) mass is 504 g/mol. The Bertz CT molecular complexity index is 1390. The zero-order chi connectivity index (χ0) is 27.1. The van der Waals surface area contributed by atoms with Gasteiger partial charge in [-0.05, 0) is 55.3 Å². The molecule has 0 saturated heterocycles. The number of nitrogens with zero attached hydrogens (tertiary/aromatic N) is 3. The molecule has 1 amide bonds. The third-order valence-corrected chi connectivity index (χ3v) is 5.67. The van der Waals surface area contributed by atoms with Crippen LogP contribution in [0.4, 0.5) is 15.8 Å². The van der Waals surface area contributed by atoms with Crippen LogP contribution >= 0.6 is 0 Å². The van der Waals surface area contributed by atoms with Gasteiger partial charge in [-0.15, -0.1) is 0 Å². The molecule has 1 N–H and O–H groups in total. The van der Waals surface area contributed by atoms with Gasteiger partial charge in [0.1, 0.15) is 5.82 Å². The summed E-state index contributed by atoms with van der Waals surface area (Å²) in [6, 6.07) is 13.9. The van der Waals surface area contributed by atoms with E-state index < -0.39 is 11.8 Å². The number of halogens is 1. The van der Waals surface area contributed by atoms with Crippen molar-refractivity contribution < 1.29 is 18.7 Å². The van der Waals surface area contributed by atoms with Crippen molar-refractivity contribution in [3.05, 3.63) is 89.1 Å². The van der Waals surface area contributed by atoms with Crippen LogP contribution in [-0.4, -0.2) is 47.0 Å². The van der Waals surface area contributed by atoms with E-state index in [0.29, 0.717) is 23.2 Å². The summed E-state index contributed by atoms with van der Waals surface area (Å²) in [5.74, 6) is -1.04. The van der Waals surface area contributed by atoms with E-state index in [1.165, 1.54) is 11.0 Å². The third kappa shape index (κ3) is 5.97. The number of benzene rings is 2. The first kappa shape index (κ1) is 27.4. The average Bonchev–Trinajstić information content (AvgIpc) is 3.20. The largest absolute Gasteiger partial charge is 0.461 e. The summed E-state index contributed by atoms with van der Waals surface area (Å²) < 4.78 is 21.9. The SMILES string of the molecule is CC.CCOC(=O)c1c(Nc2ccc(C)cc2F)c2cnccc2n1Cc1ccc(C(=O)N(C)C)cc1. The molecule has 194 valence electrons. The summed E-state index contributed by atoms with van der Waals surface area (Å²) in [6.45, 7) is 8.07. The normalized spacial score (nSPS) is 10.5. The molecule has 0 bridgehead atoms. The Hall–Kier alpha value is -4.20. The van der Waals surface area contributed by atoms with Gasteiger partial charge in [0.25, 0.3) is 5.91 Å². The highest BCUT2D eigenvalue weighted by Crippen LogP contribution is 2.35. The quantitative estimate of drug-likeness (QED) is 0.304. The van der Waals surface area contributed by atoms with Gasteiger partial charge in [0.15, 0.2) is 5.69 Å². The van der Waals surface area contributed by atoms with Gasteiger partial charge in [0.2, 0.25) is 0 Å². The van der Waals surface area contributed by atoms with Crippen LogP contribution in [0.3, 0.4) is 0 Å². The molecule has 7 nitrogen and oxygen atoms in total. The van der Waals surface area contributed by atoms with Crippen LogP contribution in [0, 0.1) is 12.7 Å². The Morgan fingerprint density at radius 3 is 2.41 bits per heavy atom. The zero-order valence-corrected chi connectivity index (χ0v) is 22.1. The fourth-order valence-corrected chi connectivity index (χ4v) is 3.95. The van der Waals surface area contributed by atoms with Gasteiger partial charge < -0.3 is 19.5 Å². The van der Waals surface area contributed by atoms with Crippen LogP contribution in [0.5, 0.6) is 0 Å². The number of pyridine rings is 1. The van der Waals surface area contributed by atoms with Gasteiger partial charge in [0.05, 0.1) is 23.5 Å². The minimum absolute atomic E-state index is 0.0899. The summed E-state index contributed by atoms with van der Waals surface area (Å²) in [7, 11) is 3.40. The molecule has 0 aliphatic carbocycles. The van der Waals surface area contributed by atoms with E-state index in [1.807, 2.05) is 37.5 Å². The fraction of sp³-hybridized carbons (Fsp3) is 0.276. The standard InChI is InChI=1S/C27H27FN4O3.C2H6/c1-5-35-27(34)25-24(30-22-11-6-17(2)14-21(22)28)20-15-29-13-12-23(20)32(25)16-18-7-9-19(10-8-18)26(33)31(3)4;1-2/h6-15,30H,5,16H2,1-4H3;1-2H3. The topological polar surface area (TPSA) is 76.5 Å². The Morgan fingerprint density at radius 2 is 1.78 bits per heavy atom. The Labute approximate surface area is 216 Å². The van der Waals surface area contributed by atoms with Crippen molar-refractivity contribution in [1.29, 1.82) is 0 Å². The molecular weight excluding hydrogens is 471 g/mol. The molecular formula is C29H33FN4O3. The van der Waals surface area contributed by atoms with Crippen LogP contribution in [0.15, 0.2) is 60.9 Å². The maximum Gasteiger partial charge on any atom is 0.357 e. The van der Waals surface area contributed by atoms with Gasteiger partial charge in [-0.25, -0.2) is 9.18 Å². The molecule has 0 aliphatic heterocycles. The fourth-order valence-electron chi connectivity index (χ4n) is 3.95. The lowest BCUT2D eigenvalue weighted by atomic mass is 10.1. The lowest BCUT2D eigenvalue weighted by molar-refractivity contribution is 0.0516. The van der Waals surface area contributed by atoms with E-state index in [1.54, 1.807) is 63.7 Å². The van der Waals surface area contributed by atoms with Crippen LogP contribution in [-0.2, 0) is 11.3 Å². The van der Waals surface area contributed by atoms with Crippen molar-refractivity contribution >= 4 is 34.2 Å². The van der Waals surface area contributed by atoms with Gasteiger partial charge >= 0.3 is 5.97 Å². The number of nitrogens with one attached hydrogen (secondary N) is 1. The highest BCUT2D eigenvalue weighted by molar-refractivity contribution is 6.07. The molecule has 4 rings (SSSR count). The first-order valence-electron chi connectivity index (χ1n) is 12.3. The van der Waals surface area contributed by atoms with Crippen molar-refractivity contribution in [1.82, 2.24) is 14.5 Å². The second-order valence-corrected chi connectivity index (χ2v) is 8.43. The molecule has 0 atom stereocenters. The van der Waals surface area contributed by atoms with Gasteiger partial charge in [-0.2, -0.15) is 0 Å². The number of hydrogen-bond acceptors (Lipinski definition) is 5. The van der Waals surface area contributed by atoms with E-state index in [-0.39, 0.29) is 23.9 Å². The Morgan fingerprint density at radius 1 is 1.08 bits per heavy atom. The highest BCUT2D eigenvalue weighted by atomic mass is 19.1. The Kier molecular flexibility index (Phi) is 9.00. The lowest BCUT2D eigenvalue weighted by Crippen LogP contribution is -2.21.